The van der Waals surface area contributed by atoms with Crippen molar-refractivity contribution in [3.63, 3.8) is 0 Å². The Kier molecular flexibility index (Phi) is 1.26. The lowest BCUT2D eigenvalue weighted by molar-refractivity contribution is -0.122. The molecule has 1 aliphatic rings. The molecule has 44 valence electrons. The van der Waals surface area contributed by atoms with E-state index in [4.69, 9.17) is 5.73 Å². The topological polar surface area (TPSA) is 67.5 Å². The Hall–Kier alpha value is -0.900. The predicted octanol–water partition coefficient (Wildman–Crippen LogP) is -1.18. The maximum Gasteiger partial charge on any atom is 0.257 e. The van der Waals surface area contributed by atoms with Gasteiger partial charge in [0.1, 0.15) is 0 Å². The first kappa shape index (κ1) is 5.24. The fourth-order valence-corrected chi connectivity index (χ4v) is 0.465. The van der Waals surface area contributed by atoms with Crippen LogP contribution in [0.4, 0.5) is 0 Å². The van der Waals surface area contributed by atoms with E-state index in [0.717, 1.165) is 0 Å². The van der Waals surface area contributed by atoms with Crippen molar-refractivity contribution in [3.8, 4) is 0 Å². The quantitative estimate of drug-likeness (QED) is 0.415. The highest BCUT2D eigenvalue weighted by molar-refractivity contribution is 5.87. The van der Waals surface area contributed by atoms with Crippen molar-refractivity contribution in [3.05, 3.63) is 0 Å². The number of carbonyl (C=O) groups is 1. The van der Waals surface area contributed by atoms with Gasteiger partial charge in [0.15, 0.2) is 0 Å². The molecule has 0 aromatic heterocycles. The third-order valence-corrected chi connectivity index (χ3v) is 0.962. The van der Waals surface area contributed by atoms with E-state index in [-0.39, 0.29) is 5.91 Å². The van der Waals surface area contributed by atoms with Gasteiger partial charge in [0.25, 0.3) is 5.91 Å². The van der Waals surface area contributed by atoms with E-state index >= 15 is 0 Å². The Bertz CT molecular complexity index is 131. The number of hydrazone groups is 1. The van der Waals surface area contributed by atoms with Crippen molar-refractivity contribution < 1.29 is 4.79 Å². The standard InChI is InChI=1S/C4H7N3O/c5-3-1-2-6-7-4(3)8/h2-3H,1,5H2,(H,7,8). The maximum atomic E-state index is 10.4. The summed E-state index contributed by atoms with van der Waals surface area (Å²) in [6, 6.07) is -0.396. The average Bonchev–Trinajstić information content (AvgIpc) is 1.77. The van der Waals surface area contributed by atoms with Crippen LogP contribution in [0.1, 0.15) is 6.42 Å². The molecule has 8 heavy (non-hydrogen) atoms. The van der Waals surface area contributed by atoms with Crippen molar-refractivity contribution in [1.82, 2.24) is 5.43 Å². The Balaban J connectivity index is 2.57. The molecule has 3 N–H and O–H groups in total. The van der Waals surface area contributed by atoms with Crippen LogP contribution in [-0.4, -0.2) is 18.2 Å². The SMILES string of the molecule is NC1CC=NNC1=O. The predicted molar refractivity (Wildman–Crippen MR) is 29.2 cm³/mol. The molecule has 0 radical (unpaired) electrons. The number of amides is 1. The number of hydrogen-bond donors (Lipinski definition) is 2. The molecule has 1 amide bonds. The van der Waals surface area contributed by atoms with Gasteiger partial charge in [-0.05, 0) is 0 Å². The molecule has 1 rings (SSSR count). The molecule has 1 unspecified atom stereocenters. The van der Waals surface area contributed by atoms with Crippen molar-refractivity contribution in [2.45, 2.75) is 12.5 Å². The molecule has 0 aromatic carbocycles. The highest BCUT2D eigenvalue weighted by Gasteiger charge is 2.13. The second-order valence-corrected chi connectivity index (χ2v) is 1.63. The molecule has 4 nitrogen and oxygen atoms in total. The van der Waals surface area contributed by atoms with Crippen LogP contribution in [0.2, 0.25) is 0 Å². The van der Waals surface area contributed by atoms with Gasteiger partial charge in [0, 0.05) is 12.6 Å². The zero-order valence-electron chi connectivity index (χ0n) is 4.29. The molecule has 0 aliphatic carbocycles. The summed E-state index contributed by atoms with van der Waals surface area (Å²) >= 11 is 0. The van der Waals surface area contributed by atoms with Gasteiger partial charge < -0.3 is 5.73 Å². The normalized spacial score (nSPS) is 27.6. The van der Waals surface area contributed by atoms with Gasteiger partial charge in [0.05, 0.1) is 6.04 Å². The summed E-state index contributed by atoms with van der Waals surface area (Å²) in [7, 11) is 0. The number of nitrogens with zero attached hydrogens (tertiary/aromatic N) is 1. The van der Waals surface area contributed by atoms with Crippen LogP contribution in [0.5, 0.6) is 0 Å². The maximum absolute atomic E-state index is 10.4. The summed E-state index contributed by atoms with van der Waals surface area (Å²) in [4.78, 5) is 10.4. The average molecular weight is 113 g/mol. The minimum atomic E-state index is -0.396. The summed E-state index contributed by atoms with van der Waals surface area (Å²) in [5.74, 6) is -0.201. The molecule has 0 saturated heterocycles. The molecule has 0 fully saturated rings. The number of carbonyl (C=O) groups excluding carboxylic acids is 1. The first-order valence-electron chi connectivity index (χ1n) is 2.37. The van der Waals surface area contributed by atoms with Gasteiger partial charge in [-0.2, -0.15) is 5.10 Å². The van der Waals surface area contributed by atoms with Crippen LogP contribution in [-0.2, 0) is 4.79 Å². The van der Waals surface area contributed by atoms with Gasteiger partial charge in [-0.15, -0.1) is 0 Å². The van der Waals surface area contributed by atoms with Gasteiger partial charge in [-0.3, -0.25) is 4.79 Å². The van der Waals surface area contributed by atoms with Crippen LogP contribution in [0, 0.1) is 0 Å². The second-order valence-electron chi connectivity index (χ2n) is 1.63. The van der Waals surface area contributed by atoms with Gasteiger partial charge in [0.2, 0.25) is 0 Å². The molecule has 0 saturated carbocycles. The summed E-state index contributed by atoms with van der Waals surface area (Å²) in [5.41, 5.74) is 7.51. The molecule has 1 heterocycles. The van der Waals surface area contributed by atoms with Crippen LogP contribution < -0.4 is 11.2 Å². The molecule has 4 heteroatoms. The Morgan fingerprint density at radius 1 is 2.00 bits per heavy atom. The van der Waals surface area contributed by atoms with Crippen LogP contribution in [0.25, 0.3) is 0 Å². The molecule has 1 aliphatic heterocycles. The van der Waals surface area contributed by atoms with E-state index in [1.165, 1.54) is 0 Å². The number of nitrogens with two attached hydrogens (primary N) is 1. The van der Waals surface area contributed by atoms with E-state index in [1.54, 1.807) is 6.21 Å². The number of hydrogen-bond acceptors (Lipinski definition) is 3. The molecule has 1 atom stereocenters. The van der Waals surface area contributed by atoms with E-state index in [2.05, 4.69) is 10.5 Å². The molecule has 0 bridgehead atoms. The first-order chi connectivity index (χ1) is 3.80. The summed E-state index contributed by atoms with van der Waals surface area (Å²) in [5, 5.41) is 3.50. The van der Waals surface area contributed by atoms with E-state index < -0.39 is 6.04 Å². The van der Waals surface area contributed by atoms with E-state index in [1.807, 2.05) is 0 Å². The number of nitrogens with one attached hydrogen (secondary N) is 1. The van der Waals surface area contributed by atoms with Crippen molar-refractivity contribution in [1.29, 1.82) is 0 Å². The van der Waals surface area contributed by atoms with Gasteiger partial charge in [-0.25, -0.2) is 5.43 Å². The monoisotopic (exact) mass is 113 g/mol. The van der Waals surface area contributed by atoms with Crippen molar-refractivity contribution in [2.75, 3.05) is 0 Å². The smallest absolute Gasteiger partial charge is 0.257 e. The highest BCUT2D eigenvalue weighted by atomic mass is 16.2. The van der Waals surface area contributed by atoms with Crippen LogP contribution in [0.3, 0.4) is 0 Å². The van der Waals surface area contributed by atoms with Crippen molar-refractivity contribution in [2.24, 2.45) is 10.8 Å². The molecular weight excluding hydrogens is 106 g/mol. The molecular formula is C4H7N3O. The summed E-state index contributed by atoms with van der Waals surface area (Å²) < 4.78 is 0. The third kappa shape index (κ3) is 0.840. The minimum Gasteiger partial charge on any atom is -0.320 e. The van der Waals surface area contributed by atoms with Crippen LogP contribution in [0.15, 0.2) is 5.10 Å². The zero-order valence-corrected chi connectivity index (χ0v) is 4.29. The Morgan fingerprint density at radius 3 is 3.12 bits per heavy atom. The van der Waals surface area contributed by atoms with Crippen LogP contribution >= 0.6 is 0 Å². The van der Waals surface area contributed by atoms with Gasteiger partial charge in [-0.1, -0.05) is 0 Å². The summed E-state index contributed by atoms with van der Waals surface area (Å²) in [6.45, 7) is 0. The fraction of sp³-hybridized carbons (Fsp3) is 0.500. The third-order valence-electron chi connectivity index (χ3n) is 0.962. The highest BCUT2D eigenvalue weighted by Crippen LogP contribution is 1.88. The van der Waals surface area contributed by atoms with Crippen molar-refractivity contribution >= 4 is 12.1 Å². The molecule has 0 aromatic rings. The Morgan fingerprint density at radius 2 is 2.75 bits per heavy atom. The van der Waals surface area contributed by atoms with E-state index in [0.29, 0.717) is 6.42 Å². The summed E-state index contributed by atoms with van der Waals surface area (Å²) in [6.07, 6.45) is 2.14. The zero-order chi connectivity index (χ0) is 5.98. The first-order valence-corrected chi connectivity index (χ1v) is 2.37. The minimum absolute atomic E-state index is 0.201. The Labute approximate surface area is 46.7 Å². The van der Waals surface area contributed by atoms with E-state index in [9.17, 15) is 4.79 Å². The second kappa shape index (κ2) is 1.92. The fourth-order valence-electron chi connectivity index (χ4n) is 0.465. The number of rotatable bonds is 0. The lowest BCUT2D eigenvalue weighted by Crippen LogP contribution is -2.41. The largest absolute Gasteiger partial charge is 0.320 e. The van der Waals surface area contributed by atoms with Gasteiger partial charge >= 0.3 is 0 Å². The molecule has 0 spiro atoms. The lowest BCUT2D eigenvalue weighted by Gasteiger charge is -2.09. The lowest BCUT2D eigenvalue weighted by atomic mass is 10.2.